The maximum absolute atomic E-state index is 13.0. The molecule has 1 heterocycles. The largest absolute Gasteiger partial charge is 0.483 e. The number of amides is 1. The van der Waals surface area contributed by atoms with Crippen molar-refractivity contribution in [2.75, 3.05) is 19.8 Å². The third-order valence-corrected chi connectivity index (χ3v) is 3.51. The fourth-order valence-electron chi connectivity index (χ4n) is 2.31. The highest BCUT2D eigenvalue weighted by atomic mass is 19.4. The summed E-state index contributed by atoms with van der Waals surface area (Å²) in [4.78, 5) is 12.2. The van der Waals surface area contributed by atoms with E-state index in [4.69, 9.17) is 13.9 Å². The highest BCUT2D eigenvalue weighted by molar-refractivity contribution is 5.78. The molecule has 1 N–H and O–H groups in total. The van der Waals surface area contributed by atoms with Gasteiger partial charge in [-0.1, -0.05) is 26.0 Å². The lowest BCUT2D eigenvalue weighted by atomic mass is 10.2. The molecule has 0 saturated carbocycles. The highest BCUT2D eigenvalue weighted by Crippen LogP contribution is 2.35. The maximum atomic E-state index is 13.0. The minimum atomic E-state index is -4.56. The van der Waals surface area contributed by atoms with Crippen molar-refractivity contribution in [3.05, 3.63) is 54.0 Å². The second-order valence-corrected chi connectivity index (χ2v) is 6.35. The predicted octanol–water partition coefficient (Wildman–Crippen LogP) is 4.21. The van der Waals surface area contributed by atoms with Crippen molar-refractivity contribution >= 4 is 5.91 Å². The summed E-state index contributed by atoms with van der Waals surface area (Å²) in [5, 5.41) is 2.66. The monoisotopic (exact) mass is 385 g/mol. The third-order valence-electron chi connectivity index (χ3n) is 3.51. The number of hydrogen-bond acceptors (Lipinski definition) is 4. The quantitative estimate of drug-likeness (QED) is 0.703. The van der Waals surface area contributed by atoms with Crippen molar-refractivity contribution in [3.63, 3.8) is 0 Å². The molecule has 2 aromatic rings. The molecule has 0 radical (unpaired) electrons. The average molecular weight is 385 g/mol. The number of nitrogens with one attached hydrogen (secondary N) is 1. The van der Waals surface area contributed by atoms with E-state index in [1.165, 1.54) is 24.5 Å². The van der Waals surface area contributed by atoms with E-state index < -0.39 is 36.0 Å². The van der Waals surface area contributed by atoms with Gasteiger partial charge in [0.05, 0.1) is 18.4 Å². The number of hydrogen-bond donors (Lipinski definition) is 1. The van der Waals surface area contributed by atoms with Crippen molar-refractivity contribution in [1.82, 2.24) is 5.32 Å². The van der Waals surface area contributed by atoms with Gasteiger partial charge >= 0.3 is 6.18 Å². The second-order valence-electron chi connectivity index (χ2n) is 6.35. The van der Waals surface area contributed by atoms with E-state index in [9.17, 15) is 18.0 Å². The number of alkyl halides is 3. The number of halogens is 3. The first-order valence-electron chi connectivity index (χ1n) is 8.47. The zero-order chi connectivity index (χ0) is 19.9. The molecule has 0 fully saturated rings. The van der Waals surface area contributed by atoms with Crippen molar-refractivity contribution in [3.8, 4) is 5.75 Å². The van der Waals surface area contributed by atoms with Crippen molar-refractivity contribution in [1.29, 1.82) is 0 Å². The molecule has 148 valence electrons. The molecule has 1 amide bonds. The SMILES string of the molecule is CC(C)COCC(NC(=O)COc1ccccc1C(F)(F)F)c1ccco1. The number of rotatable bonds is 9. The molecular weight excluding hydrogens is 363 g/mol. The summed E-state index contributed by atoms with van der Waals surface area (Å²) in [6.07, 6.45) is -3.10. The number of benzene rings is 1. The van der Waals surface area contributed by atoms with Gasteiger partial charge in [-0.25, -0.2) is 0 Å². The predicted molar refractivity (Wildman–Crippen MR) is 92.2 cm³/mol. The smallest absolute Gasteiger partial charge is 0.419 e. The highest BCUT2D eigenvalue weighted by Gasteiger charge is 2.34. The topological polar surface area (TPSA) is 60.7 Å². The summed E-state index contributed by atoms with van der Waals surface area (Å²) in [7, 11) is 0. The molecule has 5 nitrogen and oxygen atoms in total. The Morgan fingerprint density at radius 1 is 1.15 bits per heavy atom. The Balaban J connectivity index is 1.96. The fourth-order valence-corrected chi connectivity index (χ4v) is 2.31. The van der Waals surface area contributed by atoms with Crippen LogP contribution in [-0.2, 0) is 15.7 Å². The molecule has 1 aromatic carbocycles. The van der Waals surface area contributed by atoms with Crippen molar-refractivity contribution in [2.45, 2.75) is 26.1 Å². The van der Waals surface area contributed by atoms with Gasteiger partial charge in [0.25, 0.3) is 5.91 Å². The van der Waals surface area contributed by atoms with Crippen molar-refractivity contribution in [2.24, 2.45) is 5.92 Å². The van der Waals surface area contributed by atoms with Gasteiger partial charge in [-0.15, -0.1) is 0 Å². The van der Waals surface area contributed by atoms with Crippen LogP contribution < -0.4 is 10.1 Å². The molecule has 0 spiro atoms. The number of ether oxygens (including phenoxy) is 2. The van der Waals surface area contributed by atoms with Gasteiger partial charge < -0.3 is 19.2 Å². The van der Waals surface area contributed by atoms with Crippen LogP contribution >= 0.6 is 0 Å². The van der Waals surface area contributed by atoms with Crippen LogP contribution in [0.5, 0.6) is 5.75 Å². The zero-order valence-corrected chi connectivity index (χ0v) is 15.1. The van der Waals surface area contributed by atoms with Crippen LogP contribution in [0, 0.1) is 5.92 Å². The van der Waals surface area contributed by atoms with E-state index in [0.29, 0.717) is 18.3 Å². The molecule has 2 rings (SSSR count). The first-order chi connectivity index (χ1) is 12.8. The minimum Gasteiger partial charge on any atom is -0.483 e. The molecule has 0 aliphatic heterocycles. The molecule has 0 saturated heterocycles. The van der Waals surface area contributed by atoms with E-state index in [2.05, 4.69) is 5.32 Å². The van der Waals surface area contributed by atoms with E-state index >= 15 is 0 Å². The summed E-state index contributed by atoms with van der Waals surface area (Å²) < 4.78 is 54.8. The summed E-state index contributed by atoms with van der Waals surface area (Å²) in [6.45, 7) is 4.10. The normalized spacial score (nSPS) is 12.8. The van der Waals surface area contributed by atoms with Crippen LogP contribution in [0.4, 0.5) is 13.2 Å². The average Bonchev–Trinajstić information content (AvgIpc) is 3.13. The van der Waals surface area contributed by atoms with E-state index in [-0.39, 0.29) is 6.61 Å². The first-order valence-corrected chi connectivity index (χ1v) is 8.47. The summed E-state index contributed by atoms with van der Waals surface area (Å²) in [5.74, 6) is -0.171. The van der Waals surface area contributed by atoms with Crippen LogP contribution in [0.25, 0.3) is 0 Å². The van der Waals surface area contributed by atoms with Gasteiger partial charge in [-0.3, -0.25) is 4.79 Å². The first kappa shape index (κ1) is 20.8. The van der Waals surface area contributed by atoms with E-state index in [1.54, 1.807) is 12.1 Å². The van der Waals surface area contributed by atoms with Crippen LogP contribution in [0.3, 0.4) is 0 Å². The molecular formula is C19H22F3NO4. The van der Waals surface area contributed by atoms with Crippen LogP contribution in [0.15, 0.2) is 47.1 Å². The van der Waals surface area contributed by atoms with Gasteiger partial charge in [0.15, 0.2) is 6.61 Å². The summed E-state index contributed by atoms with van der Waals surface area (Å²) in [6, 6.07) is 7.54. The van der Waals surface area contributed by atoms with Gasteiger partial charge in [0.2, 0.25) is 0 Å². The number of carbonyl (C=O) groups excluding carboxylic acids is 1. The van der Waals surface area contributed by atoms with E-state index in [1.807, 2.05) is 13.8 Å². The molecule has 27 heavy (non-hydrogen) atoms. The zero-order valence-electron chi connectivity index (χ0n) is 15.1. The lowest BCUT2D eigenvalue weighted by molar-refractivity contribution is -0.139. The van der Waals surface area contributed by atoms with Gasteiger partial charge in [0.1, 0.15) is 17.6 Å². The number of para-hydroxylation sites is 1. The van der Waals surface area contributed by atoms with Gasteiger partial charge in [-0.2, -0.15) is 13.2 Å². The Labute approximate surface area is 155 Å². The number of carbonyl (C=O) groups is 1. The lowest BCUT2D eigenvalue weighted by Gasteiger charge is -2.18. The molecule has 1 unspecified atom stereocenters. The van der Waals surface area contributed by atoms with Gasteiger partial charge in [0, 0.05) is 6.61 Å². The summed E-state index contributed by atoms with van der Waals surface area (Å²) in [5.41, 5.74) is -0.930. The number of furan rings is 1. The standard InChI is InChI=1S/C19H22F3NO4/c1-13(2)10-25-11-15(17-8-5-9-26-17)23-18(24)12-27-16-7-4-3-6-14(16)19(20,21)22/h3-9,13,15H,10-12H2,1-2H3,(H,23,24). The Hall–Kier alpha value is -2.48. The van der Waals surface area contributed by atoms with Crippen LogP contribution in [0.1, 0.15) is 31.2 Å². The second kappa shape index (κ2) is 9.45. The van der Waals surface area contributed by atoms with Crippen molar-refractivity contribution < 1.29 is 31.9 Å². The molecule has 1 atom stereocenters. The lowest BCUT2D eigenvalue weighted by Crippen LogP contribution is -2.35. The molecule has 0 bridgehead atoms. The van der Waals surface area contributed by atoms with Gasteiger partial charge in [-0.05, 0) is 30.2 Å². The maximum Gasteiger partial charge on any atom is 0.419 e. The molecule has 8 heteroatoms. The Bertz CT molecular complexity index is 714. The third kappa shape index (κ3) is 6.63. The van der Waals surface area contributed by atoms with Crippen LogP contribution in [0.2, 0.25) is 0 Å². The Morgan fingerprint density at radius 3 is 2.52 bits per heavy atom. The van der Waals surface area contributed by atoms with E-state index in [0.717, 1.165) is 6.07 Å². The summed E-state index contributed by atoms with van der Waals surface area (Å²) >= 11 is 0. The minimum absolute atomic E-state index is 0.177. The molecule has 0 aliphatic rings. The fraction of sp³-hybridized carbons (Fsp3) is 0.421. The Kier molecular flexibility index (Phi) is 7.29. The molecule has 1 aromatic heterocycles. The Morgan fingerprint density at radius 2 is 1.89 bits per heavy atom. The molecule has 0 aliphatic carbocycles. The van der Waals surface area contributed by atoms with Crippen LogP contribution in [-0.4, -0.2) is 25.7 Å².